The number of hydrogen-bond acceptors (Lipinski definition) is 3. The van der Waals surface area contributed by atoms with Crippen LogP contribution in [0.5, 0.6) is 0 Å². The number of benzene rings is 1. The van der Waals surface area contributed by atoms with Crippen molar-refractivity contribution in [1.82, 2.24) is 0 Å². The van der Waals surface area contributed by atoms with E-state index in [2.05, 4.69) is 0 Å². The Bertz CT molecular complexity index is 523. The molecule has 1 aromatic carbocycles. The van der Waals surface area contributed by atoms with E-state index in [9.17, 15) is 12.8 Å². The summed E-state index contributed by atoms with van der Waals surface area (Å²) in [6.45, 7) is 0. The lowest BCUT2D eigenvalue weighted by Crippen LogP contribution is -2.26. The molecule has 1 aromatic rings. The summed E-state index contributed by atoms with van der Waals surface area (Å²) in [5.74, 6) is -0.265. The third kappa shape index (κ3) is 3.64. The minimum atomic E-state index is -3.36. The van der Waals surface area contributed by atoms with Gasteiger partial charge in [-0.25, -0.2) is 4.39 Å². The molecule has 1 fully saturated rings. The van der Waals surface area contributed by atoms with Crippen molar-refractivity contribution >= 4 is 16.2 Å². The van der Waals surface area contributed by atoms with Crippen molar-refractivity contribution in [3.8, 4) is 0 Å². The molecule has 0 bridgehead atoms. The maximum absolute atomic E-state index is 12.7. The molecule has 0 saturated heterocycles. The van der Waals surface area contributed by atoms with Crippen LogP contribution in [0.4, 0.5) is 4.39 Å². The van der Waals surface area contributed by atoms with Gasteiger partial charge in [0.15, 0.2) is 0 Å². The van der Waals surface area contributed by atoms with Crippen LogP contribution in [0.3, 0.4) is 0 Å². The second kappa shape index (κ2) is 4.58. The van der Waals surface area contributed by atoms with Gasteiger partial charge in [0.2, 0.25) is 0 Å². The van der Waals surface area contributed by atoms with Gasteiger partial charge in [0.25, 0.3) is 10.1 Å². The van der Waals surface area contributed by atoms with Crippen molar-refractivity contribution in [3.05, 3.63) is 41.2 Å². The van der Waals surface area contributed by atoms with Crippen molar-refractivity contribution in [2.45, 2.75) is 18.9 Å². The van der Waals surface area contributed by atoms with Crippen LogP contribution in [0, 0.1) is 5.82 Å². The fourth-order valence-electron chi connectivity index (χ4n) is 1.75. The first-order valence-corrected chi connectivity index (χ1v) is 7.07. The molecule has 1 saturated carbocycles. The third-order valence-electron chi connectivity index (χ3n) is 2.53. The quantitative estimate of drug-likeness (QED) is 0.780. The fraction of sp³-hybridized carbons (Fsp3) is 0.333. The fourth-order valence-corrected chi connectivity index (χ4v) is 2.38. The molecule has 0 radical (unpaired) electrons. The van der Waals surface area contributed by atoms with Gasteiger partial charge in [-0.3, -0.25) is 4.18 Å². The molecule has 92 valence electrons. The van der Waals surface area contributed by atoms with Gasteiger partial charge in [-0.2, -0.15) is 8.42 Å². The molecule has 0 aromatic heterocycles. The van der Waals surface area contributed by atoms with Crippen LogP contribution in [0.25, 0.3) is 6.08 Å². The van der Waals surface area contributed by atoms with E-state index in [1.807, 2.05) is 6.08 Å². The molecule has 0 heterocycles. The zero-order chi connectivity index (χ0) is 12.5. The van der Waals surface area contributed by atoms with Crippen LogP contribution < -0.4 is 0 Å². The first-order valence-electron chi connectivity index (χ1n) is 5.26. The van der Waals surface area contributed by atoms with E-state index in [-0.39, 0.29) is 11.9 Å². The molecular weight excluding hydrogens is 243 g/mol. The molecule has 0 N–H and O–H groups in total. The second-order valence-corrected chi connectivity index (χ2v) is 5.79. The number of hydrogen-bond donors (Lipinski definition) is 0. The first kappa shape index (κ1) is 12.3. The van der Waals surface area contributed by atoms with E-state index in [4.69, 9.17) is 4.18 Å². The van der Waals surface area contributed by atoms with Gasteiger partial charge >= 0.3 is 0 Å². The van der Waals surface area contributed by atoms with Crippen molar-refractivity contribution in [2.24, 2.45) is 0 Å². The zero-order valence-corrected chi connectivity index (χ0v) is 10.2. The Labute approximate surface area is 100 Å². The van der Waals surface area contributed by atoms with Gasteiger partial charge in [0.05, 0.1) is 12.4 Å². The van der Waals surface area contributed by atoms with Gasteiger partial charge in [-0.15, -0.1) is 0 Å². The minimum Gasteiger partial charge on any atom is -0.266 e. The molecule has 3 nitrogen and oxygen atoms in total. The van der Waals surface area contributed by atoms with E-state index < -0.39 is 10.1 Å². The van der Waals surface area contributed by atoms with E-state index in [0.29, 0.717) is 12.8 Å². The molecule has 0 atom stereocenters. The Kier molecular flexibility index (Phi) is 3.31. The molecule has 2 rings (SSSR count). The normalized spacial score (nSPS) is 19.9. The summed E-state index contributed by atoms with van der Waals surface area (Å²) in [7, 11) is -3.36. The summed E-state index contributed by atoms with van der Waals surface area (Å²) in [6, 6.07) is 6.17. The van der Waals surface area contributed by atoms with E-state index in [0.717, 1.165) is 17.4 Å². The Balaban J connectivity index is 1.93. The van der Waals surface area contributed by atoms with Gasteiger partial charge in [0.1, 0.15) is 5.82 Å². The van der Waals surface area contributed by atoms with Crippen molar-refractivity contribution in [3.63, 3.8) is 0 Å². The number of halogens is 1. The number of rotatable bonds is 3. The Morgan fingerprint density at radius 3 is 2.41 bits per heavy atom. The predicted octanol–water partition coefficient (Wildman–Crippen LogP) is 2.35. The highest BCUT2D eigenvalue weighted by atomic mass is 32.2. The predicted molar refractivity (Wildman–Crippen MR) is 63.3 cm³/mol. The molecule has 1 aliphatic carbocycles. The Morgan fingerprint density at radius 1 is 1.29 bits per heavy atom. The molecule has 0 spiro atoms. The molecule has 5 heteroatoms. The van der Waals surface area contributed by atoms with Crippen molar-refractivity contribution in [2.75, 3.05) is 6.26 Å². The van der Waals surface area contributed by atoms with Crippen LogP contribution in [-0.2, 0) is 14.3 Å². The maximum atomic E-state index is 12.7. The van der Waals surface area contributed by atoms with Gasteiger partial charge in [0, 0.05) is 0 Å². The highest BCUT2D eigenvalue weighted by Gasteiger charge is 2.27. The monoisotopic (exact) mass is 256 g/mol. The second-order valence-electron chi connectivity index (χ2n) is 4.18. The summed E-state index contributed by atoms with van der Waals surface area (Å²) in [4.78, 5) is 0. The average Bonchev–Trinajstić information content (AvgIpc) is 2.16. The topological polar surface area (TPSA) is 43.4 Å². The van der Waals surface area contributed by atoms with Crippen LogP contribution in [-0.4, -0.2) is 20.8 Å². The van der Waals surface area contributed by atoms with Crippen LogP contribution in [0.15, 0.2) is 29.8 Å². The molecular formula is C12H13FO3S. The Hall–Kier alpha value is -1.20. The lowest BCUT2D eigenvalue weighted by molar-refractivity contribution is 0.173. The molecule has 0 unspecified atom stereocenters. The average molecular weight is 256 g/mol. The summed E-state index contributed by atoms with van der Waals surface area (Å²) in [5, 5.41) is 0. The molecule has 0 aliphatic heterocycles. The summed E-state index contributed by atoms with van der Waals surface area (Å²) in [6.07, 6.45) is 3.97. The molecule has 0 amide bonds. The highest BCUT2D eigenvalue weighted by Crippen LogP contribution is 2.31. The van der Waals surface area contributed by atoms with Crippen molar-refractivity contribution < 1.29 is 17.0 Å². The first-order chi connectivity index (χ1) is 7.92. The van der Waals surface area contributed by atoms with Crippen LogP contribution >= 0.6 is 0 Å². The summed E-state index contributed by atoms with van der Waals surface area (Å²) in [5.41, 5.74) is 2.03. The van der Waals surface area contributed by atoms with E-state index >= 15 is 0 Å². The minimum absolute atomic E-state index is 0.239. The Morgan fingerprint density at radius 2 is 1.88 bits per heavy atom. The SMILES string of the molecule is CS(=O)(=O)OC1CC(=Cc2ccc(F)cc2)C1. The lowest BCUT2D eigenvalue weighted by atomic mass is 9.87. The van der Waals surface area contributed by atoms with E-state index in [1.165, 1.54) is 12.1 Å². The third-order valence-corrected chi connectivity index (χ3v) is 3.15. The maximum Gasteiger partial charge on any atom is 0.264 e. The largest absolute Gasteiger partial charge is 0.266 e. The molecule has 17 heavy (non-hydrogen) atoms. The van der Waals surface area contributed by atoms with Crippen LogP contribution in [0.1, 0.15) is 18.4 Å². The molecule has 1 aliphatic rings. The van der Waals surface area contributed by atoms with Gasteiger partial charge < -0.3 is 0 Å². The van der Waals surface area contributed by atoms with E-state index in [1.54, 1.807) is 12.1 Å². The zero-order valence-electron chi connectivity index (χ0n) is 9.39. The summed E-state index contributed by atoms with van der Waals surface area (Å²) >= 11 is 0. The van der Waals surface area contributed by atoms with Gasteiger partial charge in [-0.1, -0.05) is 23.8 Å². The standard InChI is InChI=1S/C12H13FO3S/c1-17(14,15)16-12-7-10(8-12)6-9-2-4-11(13)5-3-9/h2-6,12H,7-8H2,1H3. The lowest BCUT2D eigenvalue weighted by Gasteiger charge is -2.27. The highest BCUT2D eigenvalue weighted by molar-refractivity contribution is 7.86. The van der Waals surface area contributed by atoms with Crippen molar-refractivity contribution in [1.29, 1.82) is 0 Å². The van der Waals surface area contributed by atoms with Crippen LogP contribution in [0.2, 0.25) is 0 Å². The van der Waals surface area contributed by atoms with Gasteiger partial charge in [-0.05, 0) is 30.5 Å². The summed E-state index contributed by atoms with van der Waals surface area (Å²) < 4.78 is 39.2. The smallest absolute Gasteiger partial charge is 0.264 e.